The van der Waals surface area contributed by atoms with Crippen LogP contribution in [-0.4, -0.2) is 38.9 Å². The van der Waals surface area contributed by atoms with Gasteiger partial charge in [-0.25, -0.2) is 18.8 Å². The number of carbonyl (C=O) groups excluding carboxylic acids is 2. The van der Waals surface area contributed by atoms with E-state index in [0.717, 1.165) is 4.68 Å². The van der Waals surface area contributed by atoms with Gasteiger partial charge in [0, 0.05) is 18.5 Å². The lowest BCUT2D eigenvalue weighted by molar-refractivity contribution is -0.201. The van der Waals surface area contributed by atoms with E-state index in [1.165, 1.54) is 10.9 Å². The molecule has 0 bridgehead atoms. The van der Waals surface area contributed by atoms with Gasteiger partial charge in [-0.05, 0) is 66.3 Å². The minimum absolute atomic E-state index is 0.0581. The summed E-state index contributed by atoms with van der Waals surface area (Å²) in [5.41, 5.74) is 7.52. The quantitative estimate of drug-likeness (QED) is 0.468. The Balaban J connectivity index is 1.73. The summed E-state index contributed by atoms with van der Waals surface area (Å²) in [6.07, 6.45) is -6.02. The van der Waals surface area contributed by atoms with Crippen LogP contribution in [0.15, 0.2) is 53.1 Å². The molecule has 0 radical (unpaired) electrons. The zero-order chi connectivity index (χ0) is 28.6. The number of hydroxylamine groups is 1. The van der Waals surface area contributed by atoms with E-state index in [4.69, 9.17) is 5.73 Å². The Bertz CT molecular complexity index is 1550. The number of rotatable bonds is 6. The third kappa shape index (κ3) is 5.32. The number of carbonyl (C=O) groups is 2. The van der Waals surface area contributed by atoms with Crippen LogP contribution >= 0.6 is 0 Å². The van der Waals surface area contributed by atoms with E-state index in [1.807, 2.05) is 0 Å². The highest BCUT2D eigenvalue weighted by Crippen LogP contribution is 2.38. The van der Waals surface area contributed by atoms with Gasteiger partial charge in [0.2, 0.25) is 0 Å². The minimum Gasteiger partial charge on any atom is -0.327 e. The first-order valence-corrected chi connectivity index (χ1v) is 11.6. The van der Waals surface area contributed by atoms with Crippen molar-refractivity contribution in [3.63, 3.8) is 0 Å². The number of aromatic nitrogens is 3. The average molecular weight is 551 g/mol. The number of fused-ring (bicyclic) bond motifs is 1. The molecule has 1 amide bonds. The molecular weight excluding hydrogens is 529 g/mol. The van der Waals surface area contributed by atoms with Gasteiger partial charge in [0.25, 0.3) is 12.0 Å². The molecule has 39 heavy (non-hydrogen) atoms. The summed E-state index contributed by atoms with van der Waals surface area (Å²) in [6, 6.07) is 8.36. The van der Waals surface area contributed by atoms with Crippen molar-refractivity contribution in [2.75, 3.05) is 11.6 Å². The topological polar surface area (TPSA) is 112 Å². The van der Waals surface area contributed by atoms with Crippen LogP contribution in [0.1, 0.15) is 23.1 Å². The summed E-state index contributed by atoms with van der Waals surface area (Å²) in [7, 11) is 0. The number of hydrogen-bond donors (Lipinski definition) is 1. The summed E-state index contributed by atoms with van der Waals surface area (Å²) in [5.74, 6) is -3.30. The Morgan fingerprint density at radius 1 is 1.13 bits per heavy atom. The number of amides is 1. The maximum absolute atomic E-state index is 13.0. The summed E-state index contributed by atoms with van der Waals surface area (Å²) < 4.78 is 66.4. The van der Waals surface area contributed by atoms with Crippen LogP contribution in [0.25, 0.3) is 16.8 Å². The van der Waals surface area contributed by atoms with E-state index in [1.54, 1.807) is 44.2 Å². The average Bonchev–Trinajstić information content (AvgIpc) is 3.22. The molecule has 14 heteroatoms. The molecule has 3 aromatic rings. The minimum atomic E-state index is -5.28. The SMILES string of the molecule is Cc1cc(-c2cccc(-n3cnn(CC(CN)=C(F)F)c3=O)c2C)cc2c1N(OC(=O)C(F)(F)F)C(=O)CC2. The second-order valence-corrected chi connectivity index (χ2v) is 8.82. The molecule has 4 rings (SSSR count). The molecule has 2 N–H and O–H groups in total. The largest absolute Gasteiger partial charge is 0.493 e. The molecule has 2 heterocycles. The van der Waals surface area contributed by atoms with Crippen molar-refractivity contribution in [3.05, 3.63) is 75.5 Å². The van der Waals surface area contributed by atoms with Gasteiger partial charge < -0.3 is 10.6 Å². The van der Waals surface area contributed by atoms with E-state index in [2.05, 4.69) is 9.94 Å². The fourth-order valence-electron chi connectivity index (χ4n) is 4.38. The fraction of sp³-hybridized carbons (Fsp3) is 0.280. The van der Waals surface area contributed by atoms with Gasteiger partial charge in [-0.15, -0.1) is 5.06 Å². The zero-order valence-corrected chi connectivity index (χ0v) is 20.7. The summed E-state index contributed by atoms with van der Waals surface area (Å²) in [6.45, 7) is 2.39. The van der Waals surface area contributed by atoms with Crippen LogP contribution in [-0.2, 0) is 27.4 Å². The van der Waals surface area contributed by atoms with Gasteiger partial charge in [-0.2, -0.15) is 27.1 Å². The standard InChI is InChI=1S/C25H22F5N5O4/c1-13-8-16(9-15-6-7-20(36)35(21(13)15)39-23(37)25(28,29)30)18-4-3-5-19(14(18)2)33-12-32-34(24(33)38)11-17(10-31)22(26)27/h3-5,8-9,12H,6-7,10-11,31H2,1-2H3. The molecule has 0 spiro atoms. The Labute approximate surface area is 217 Å². The fourth-order valence-corrected chi connectivity index (χ4v) is 4.38. The number of halogens is 5. The highest BCUT2D eigenvalue weighted by Gasteiger charge is 2.44. The first-order chi connectivity index (χ1) is 18.3. The lowest BCUT2D eigenvalue weighted by Crippen LogP contribution is -2.41. The Morgan fingerprint density at radius 3 is 2.49 bits per heavy atom. The van der Waals surface area contributed by atoms with E-state index in [9.17, 15) is 36.3 Å². The highest BCUT2D eigenvalue weighted by molar-refractivity contribution is 5.98. The first-order valence-electron chi connectivity index (χ1n) is 11.6. The Hall–Kier alpha value is -4.33. The molecule has 1 aliphatic rings. The summed E-state index contributed by atoms with van der Waals surface area (Å²) in [5, 5.41) is 4.30. The third-order valence-corrected chi connectivity index (χ3v) is 6.29. The van der Waals surface area contributed by atoms with E-state index < -0.39 is 48.5 Å². The lowest BCUT2D eigenvalue weighted by Gasteiger charge is -2.29. The Morgan fingerprint density at radius 2 is 1.85 bits per heavy atom. The van der Waals surface area contributed by atoms with Gasteiger partial charge in [0.05, 0.1) is 17.9 Å². The van der Waals surface area contributed by atoms with Gasteiger partial charge in [-0.3, -0.25) is 4.79 Å². The number of anilines is 1. The van der Waals surface area contributed by atoms with Crippen LogP contribution in [0.4, 0.5) is 27.6 Å². The van der Waals surface area contributed by atoms with Crippen molar-refractivity contribution >= 4 is 17.6 Å². The van der Waals surface area contributed by atoms with Gasteiger partial charge in [0.15, 0.2) is 0 Å². The zero-order valence-electron chi connectivity index (χ0n) is 20.7. The monoisotopic (exact) mass is 551 g/mol. The van der Waals surface area contributed by atoms with Gasteiger partial charge in [-0.1, -0.05) is 12.1 Å². The highest BCUT2D eigenvalue weighted by atomic mass is 19.4. The molecule has 0 unspecified atom stereocenters. The molecule has 9 nitrogen and oxygen atoms in total. The number of hydrogen-bond acceptors (Lipinski definition) is 6. The Kier molecular flexibility index (Phi) is 7.41. The number of nitrogens with two attached hydrogens (primary N) is 1. The molecule has 0 saturated carbocycles. The predicted molar refractivity (Wildman–Crippen MR) is 129 cm³/mol. The number of nitrogens with zero attached hydrogens (tertiary/aromatic N) is 4. The summed E-state index contributed by atoms with van der Waals surface area (Å²) in [4.78, 5) is 41.1. The number of benzene rings is 2. The second kappa shape index (κ2) is 10.4. The molecule has 1 aliphatic heterocycles. The van der Waals surface area contributed by atoms with E-state index in [-0.39, 0.29) is 18.5 Å². The molecular formula is C25H22F5N5O4. The molecule has 0 saturated heterocycles. The molecule has 2 aromatic carbocycles. The normalized spacial score (nSPS) is 13.3. The smallest absolute Gasteiger partial charge is 0.327 e. The van der Waals surface area contributed by atoms with Crippen molar-refractivity contribution in [2.24, 2.45) is 5.73 Å². The lowest BCUT2D eigenvalue weighted by atomic mass is 9.91. The maximum atomic E-state index is 13.0. The van der Waals surface area contributed by atoms with Crippen molar-refractivity contribution in [1.29, 1.82) is 0 Å². The van der Waals surface area contributed by atoms with Crippen LogP contribution in [0.5, 0.6) is 0 Å². The van der Waals surface area contributed by atoms with Crippen LogP contribution in [0.3, 0.4) is 0 Å². The van der Waals surface area contributed by atoms with E-state index in [0.29, 0.717) is 38.6 Å². The summed E-state index contributed by atoms with van der Waals surface area (Å²) >= 11 is 0. The van der Waals surface area contributed by atoms with Crippen molar-refractivity contribution in [1.82, 2.24) is 14.3 Å². The van der Waals surface area contributed by atoms with Crippen molar-refractivity contribution < 1.29 is 36.4 Å². The predicted octanol–water partition coefficient (Wildman–Crippen LogP) is 3.73. The molecule has 0 aliphatic carbocycles. The maximum Gasteiger partial charge on any atom is 0.493 e. The number of alkyl halides is 3. The molecule has 0 atom stereocenters. The van der Waals surface area contributed by atoms with Crippen molar-refractivity contribution in [3.8, 4) is 16.8 Å². The third-order valence-electron chi connectivity index (χ3n) is 6.29. The van der Waals surface area contributed by atoms with Crippen LogP contribution in [0.2, 0.25) is 0 Å². The van der Waals surface area contributed by atoms with Crippen LogP contribution in [0, 0.1) is 13.8 Å². The number of aryl methyl sites for hydroxylation is 2. The van der Waals surface area contributed by atoms with Crippen molar-refractivity contribution in [2.45, 2.75) is 39.4 Å². The molecule has 206 valence electrons. The van der Waals surface area contributed by atoms with Gasteiger partial charge in [0.1, 0.15) is 6.33 Å². The van der Waals surface area contributed by atoms with E-state index >= 15 is 0 Å². The van der Waals surface area contributed by atoms with Gasteiger partial charge >= 0.3 is 17.8 Å². The van der Waals surface area contributed by atoms with Crippen LogP contribution < -0.4 is 16.5 Å². The molecule has 0 fully saturated rings. The second-order valence-electron chi connectivity index (χ2n) is 8.82. The molecule has 1 aromatic heterocycles. The first kappa shape index (κ1) is 27.7.